The molecular weight excluding hydrogens is 362 g/mol. The molecule has 1 aromatic carbocycles. The van der Waals surface area contributed by atoms with Crippen molar-refractivity contribution in [3.63, 3.8) is 0 Å². The number of carbonyl (C=O) groups is 3. The molecule has 0 fully saturated rings. The van der Waals surface area contributed by atoms with Crippen molar-refractivity contribution in [1.82, 2.24) is 16.1 Å². The topological polar surface area (TPSA) is 106 Å². The van der Waals surface area contributed by atoms with Crippen molar-refractivity contribution in [1.29, 1.82) is 0 Å². The Balaban J connectivity index is 2.43. The van der Waals surface area contributed by atoms with Gasteiger partial charge in [-0.3, -0.25) is 14.4 Å². The lowest BCUT2D eigenvalue weighted by atomic mass is 10.0. The van der Waals surface area contributed by atoms with Gasteiger partial charge in [-0.25, -0.2) is 10.3 Å². The van der Waals surface area contributed by atoms with E-state index in [1.807, 2.05) is 44.2 Å². The maximum absolute atomic E-state index is 12.4. The number of rotatable bonds is 9. The van der Waals surface area contributed by atoms with Crippen LogP contribution in [0.25, 0.3) is 0 Å². The predicted octanol–water partition coefficient (Wildman–Crippen LogP) is 2.29. The summed E-state index contributed by atoms with van der Waals surface area (Å²) >= 11 is 0. The Morgan fingerprint density at radius 3 is 2.29 bits per heavy atom. The third-order valence-electron chi connectivity index (χ3n) is 3.41. The molecule has 1 rings (SSSR count). The van der Waals surface area contributed by atoms with E-state index in [0.717, 1.165) is 5.56 Å². The Hall–Kier alpha value is -2.61. The molecule has 0 heterocycles. The molecule has 0 bridgehead atoms. The molecule has 0 saturated heterocycles. The summed E-state index contributed by atoms with van der Waals surface area (Å²) in [5, 5.41) is 5.06. The van der Waals surface area contributed by atoms with Crippen LogP contribution in [-0.4, -0.2) is 36.1 Å². The van der Waals surface area contributed by atoms with Gasteiger partial charge >= 0.3 is 6.09 Å². The zero-order chi connectivity index (χ0) is 21.2. The van der Waals surface area contributed by atoms with Crippen LogP contribution in [0.4, 0.5) is 4.79 Å². The smallest absolute Gasteiger partial charge is 0.408 e. The zero-order valence-electron chi connectivity index (χ0n) is 17.2. The van der Waals surface area contributed by atoms with E-state index in [2.05, 4.69) is 16.1 Å². The molecule has 0 spiro atoms. The van der Waals surface area contributed by atoms with E-state index >= 15 is 0 Å². The summed E-state index contributed by atoms with van der Waals surface area (Å²) in [5.74, 6) is -0.795. The molecule has 1 aromatic rings. The highest BCUT2D eigenvalue weighted by molar-refractivity contribution is 5.89. The normalized spacial score (nSPS) is 12.2. The van der Waals surface area contributed by atoms with E-state index in [9.17, 15) is 14.4 Å². The van der Waals surface area contributed by atoms with Crippen LogP contribution in [-0.2, 0) is 25.8 Å². The minimum Gasteiger partial charge on any atom is -0.444 e. The summed E-state index contributed by atoms with van der Waals surface area (Å²) in [7, 11) is 0. The lowest BCUT2D eigenvalue weighted by Crippen LogP contribution is -2.50. The molecule has 0 radical (unpaired) electrons. The maximum atomic E-state index is 12.4. The van der Waals surface area contributed by atoms with Gasteiger partial charge in [-0.1, -0.05) is 44.2 Å². The van der Waals surface area contributed by atoms with Gasteiger partial charge < -0.3 is 15.4 Å². The van der Waals surface area contributed by atoms with Crippen LogP contribution in [0.15, 0.2) is 30.3 Å². The van der Waals surface area contributed by atoms with Crippen LogP contribution in [0.3, 0.4) is 0 Å². The Labute approximate surface area is 166 Å². The summed E-state index contributed by atoms with van der Waals surface area (Å²) in [6.07, 6.45) is -0.263. The zero-order valence-corrected chi connectivity index (χ0v) is 17.2. The quantitative estimate of drug-likeness (QED) is 0.558. The summed E-state index contributed by atoms with van der Waals surface area (Å²) in [6.45, 7) is 9.04. The van der Waals surface area contributed by atoms with Crippen LogP contribution in [0.5, 0.6) is 0 Å². The third kappa shape index (κ3) is 10.5. The van der Waals surface area contributed by atoms with Gasteiger partial charge in [-0.15, -0.1) is 0 Å². The van der Waals surface area contributed by atoms with Crippen molar-refractivity contribution in [3.8, 4) is 0 Å². The number of benzene rings is 1. The molecule has 0 aliphatic carbocycles. The standard InChI is InChI=1S/C20H31N3O5/c1-14(2)11-16(22-19(26)28-20(3,4)5)18(25)21-12-17(24)23-27-13-15-9-7-6-8-10-15/h6-10,14,16H,11-13H2,1-5H3,(H,21,25)(H,22,26)(H,23,24)/t16-/m0/s1. The number of hydrogen-bond donors (Lipinski definition) is 3. The third-order valence-corrected chi connectivity index (χ3v) is 3.41. The number of alkyl carbamates (subject to hydrolysis) is 1. The monoisotopic (exact) mass is 393 g/mol. The molecule has 0 saturated carbocycles. The lowest BCUT2D eigenvalue weighted by molar-refractivity contribution is -0.136. The number of carbonyl (C=O) groups excluding carboxylic acids is 3. The molecule has 8 nitrogen and oxygen atoms in total. The second-order valence-electron chi connectivity index (χ2n) is 7.85. The van der Waals surface area contributed by atoms with Crippen molar-refractivity contribution in [2.24, 2.45) is 5.92 Å². The fourth-order valence-electron chi connectivity index (χ4n) is 2.25. The first kappa shape index (κ1) is 23.4. The molecule has 0 aromatic heterocycles. The summed E-state index contributed by atoms with van der Waals surface area (Å²) in [5.41, 5.74) is 2.51. The maximum Gasteiger partial charge on any atom is 0.408 e. The lowest BCUT2D eigenvalue weighted by Gasteiger charge is -2.24. The van der Waals surface area contributed by atoms with E-state index in [-0.39, 0.29) is 19.1 Å². The average Bonchev–Trinajstić information content (AvgIpc) is 2.58. The molecule has 0 aliphatic heterocycles. The largest absolute Gasteiger partial charge is 0.444 e. The van der Waals surface area contributed by atoms with Gasteiger partial charge in [0.25, 0.3) is 5.91 Å². The van der Waals surface area contributed by atoms with Crippen LogP contribution in [0.1, 0.15) is 46.6 Å². The number of ether oxygens (including phenoxy) is 1. The van der Waals surface area contributed by atoms with E-state index < -0.39 is 29.6 Å². The van der Waals surface area contributed by atoms with Crippen LogP contribution in [0, 0.1) is 5.92 Å². The van der Waals surface area contributed by atoms with E-state index in [1.165, 1.54) is 0 Å². The van der Waals surface area contributed by atoms with E-state index in [1.54, 1.807) is 20.8 Å². The predicted molar refractivity (Wildman–Crippen MR) is 105 cm³/mol. The number of hydroxylamine groups is 1. The first-order chi connectivity index (χ1) is 13.1. The first-order valence-corrected chi connectivity index (χ1v) is 9.28. The van der Waals surface area contributed by atoms with E-state index in [4.69, 9.17) is 9.57 Å². The fraction of sp³-hybridized carbons (Fsp3) is 0.550. The van der Waals surface area contributed by atoms with Crippen molar-refractivity contribution in [2.45, 2.75) is 59.3 Å². The van der Waals surface area contributed by atoms with Crippen LogP contribution in [0.2, 0.25) is 0 Å². The highest BCUT2D eigenvalue weighted by atomic mass is 16.6. The van der Waals surface area contributed by atoms with Crippen molar-refractivity contribution < 1.29 is 24.0 Å². The van der Waals surface area contributed by atoms with Gasteiger partial charge in [0, 0.05) is 0 Å². The highest BCUT2D eigenvalue weighted by Crippen LogP contribution is 2.09. The summed E-state index contributed by atoms with van der Waals surface area (Å²) < 4.78 is 5.19. The Morgan fingerprint density at radius 2 is 1.71 bits per heavy atom. The van der Waals surface area contributed by atoms with Gasteiger partial charge in [-0.2, -0.15) is 0 Å². The minimum atomic E-state index is -0.798. The molecule has 0 aliphatic rings. The number of nitrogens with one attached hydrogen (secondary N) is 3. The van der Waals surface area contributed by atoms with Crippen LogP contribution >= 0.6 is 0 Å². The second-order valence-corrected chi connectivity index (χ2v) is 7.85. The molecule has 0 unspecified atom stereocenters. The van der Waals surface area contributed by atoms with Gasteiger partial charge in [0.15, 0.2) is 0 Å². The average molecular weight is 393 g/mol. The molecular formula is C20H31N3O5. The summed E-state index contributed by atoms with van der Waals surface area (Å²) in [6, 6.07) is 8.56. The van der Waals surface area contributed by atoms with Gasteiger partial charge in [0.1, 0.15) is 11.6 Å². The van der Waals surface area contributed by atoms with E-state index in [0.29, 0.717) is 6.42 Å². The molecule has 3 N–H and O–H groups in total. The number of hydrogen-bond acceptors (Lipinski definition) is 5. The highest BCUT2D eigenvalue weighted by Gasteiger charge is 2.25. The second kappa shape index (κ2) is 11.3. The fourth-order valence-corrected chi connectivity index (χ4v) is 2.25. The molecule has 1 atom stereocenters. The SMILES string of the molecule is CC(C)C[C@H](NC(=O)OC(C)(C)C)C(=O)NCC(=O)NOCc1ccccc1. The van der Waals surface area contributed by atoms with Crippen molar-refractivity contribution >= 4 is 17.9 Å². The van der Waals surface area contributed by atoms with Gasteiger partial charge in [-0.05, 0) is 38.7 Å². The van der Waals surface area contributed by atoms with Gasteiger partial charge in [0.05, 0.1) is 13.2 Å². The molecule has 3 amide bonds. The Kier molecular flexibility index (Phi) is 9.44. The first-order valence-electron chi connectivity index (χ1n) is 9.28. The molecule has 28 heavy (non-hydrogen) atoms. The van der Waals surface area contributed by atoms with Gasteiger partial charge in [0.2, 0.25) is 5.91 Å². The molecule has 8 heteroatoms. The Bertz CT molecular complexity index is 641. The summed E-state index contributed by atoms with van der Waals surface area (Å²) in [4.78, 5) is 41.3. The Morgan fingerprint density at radius 1 is 1.07 bits per heavy atom. The minimum absolute atomic E-state index is 0.161. The number of amides is 3. The van der Waals surface area contributed by atoms with Crippen molar-refractivity contribution in [3.05, 3.63) is 35.9 Å². The molecule has 156 valence electrons. The van der Waals surface area contributed by atoms with Crippen molar-refractivity contribution in [2.75, 3.05) is 6.54 Å². The van der Waals surface area contributed by atoms with Crippen LogP contribution < -0.4 is 16.1 Å².